The third-order valence-electron chi connectivity index (χ3n) is 3.14. The Morgan fingerprint density at radius 1 is 1.27 bits per heavy atom. The van der Waals surface area contributed by atoms with Crippen molar-refractivity contribution in [1.29, 1.82) is 0 Å². The van der Waals surface area contributed by atoms with Crippen LogP contribution in [0.5, 0.6) is 0 Å². The normalized spacial score (nSPS) is 29.3. The average Bonchev–Trinajstić information content (AvgIpc) is 2.28. The van der Waals surface area contributed by atoms with Gasteiger partial charge >= 0.3 is 0 Å². The fourth-order valence-corrected chi connectivity index (χ4v) is 3.38. The molecule has 1 fully saturated rings. The molecule has 15 heavy (non-hydrogen) atoms. The number of rotatable bonds is 4. The lowest BCUT2D eigenvalue weighted by Gasteiger charge is -2.38. The molecule has 5 heteroatoms. The Hall–Kier alpha value is -0.130. The molecule has 0 amide bonds. The first-order valence-electron chi connectivity index (χ1n) is 5.78. The molecule has 2 atom stereocenters. The minimum absolute atomic E-state index is 0.137. The molecule has 0 bridgehead atoms. The molecule has 1 aliphatic heterocycles. The van der Waals surface area contributed by atoms with Crippen molar-refractivity contribution in [2.24, 2.45) is 0 Å². The van der Waals surface area contributed by atoms with E-state index in [1.54, 1.807) is 11.2 Å². The van der Waals surface area contributed by atoms with Crippen LogP contribution in [0.25, 0.3) is 0 Å². The molecule has 1 aliphatic rings. The van der Waals surface area contributed by atoms with Crippen LogP contribution in [-0.4, -0.2) is 43.6 Å². The molecule has 0 aromatic rings. The highest BCUT2D eigenvalue weighted by atomic mass is 32.2. The summed E-state index contributed by atoms with van der Waals surface area (Å²) in [5.41, 5.74) is 0. The Morgan fingerprint density at radius 2 is 1.93 bits per heavy atom. The van der Waals surface area contributed by atoms with Gasteiger partial charge in [0.1, 0.15) is 0 Å². The summed E-state index contributed by atoms with van der Waals surface area (Å²) in [7, 11) is -3.03. The molecule has 90 valence electrons. The number of sulfonamides is 1. The fraction of sp³-hybridized carbons (Fsp3) is 1.00. The summed E-state index contributed by atoms with van der Waals surface area (Å²) in [6.45, 7) is 7.25. The summed E-state index contributed by atoms with van der Waals surface area (Å²) in [6.07, 6.45) is 1.86. The van der Waals surface area contributed by atoms with Crippen molar-refractivity contribution in [3.63, 3.8) is 0 Å². The van der Waals surface area contributed by atoms with Crippen molar-refractivity contribution in [1.82, 2.24) is 9.62 Å². The Balaban J connectivity index is 2.80. The number of nitrogens with one attached hydrogen (secondary N) is 1. The van der Waals surface area contributed by atoms with E-state index < -0.39 is 10.0 Å². The second-order valence-electron chi connectivity index (χ2n) is 4.05. The van der Waals surface area contributed by atoms with E-state index in [-0.39, 0.29) is 11.8 Å². The third kappa shape index (κ3) is 2.92. The van der Waals surface area contributed by atoms with Crippen LogP contribution in [0.3, 0.4) is 0 Å². The van der Waals surface area contributed by atoms with Gasteiger partial charge in [-0.1, -0.05) is 13.8 Å². The van der Waals surface area contributed by atoms with Crippen LogP contribution in [0.4, 0.5) is 0 Å². The van der Waals surface area contributed by atoms with E-state index in [2.05, 4.69) is 12.2 Å². The first-order chi connectivity index (χ1) is 7.05. The maximum Gasteiger partial charge on any atom is 0.214 e. The molecular formula is C10H22N2O2S. The Kier molecular flexibility index (Phi) is 4.55. The van der Waals surface area contributed by atoms with Gasteiger partial charge in [0.25, 0.3) is 0 Å². The zero-order chi connectivity index (χ0) is 11.5. The molecule has 0 aliphatic carbocycles. The van der Waals surface area contributed by atoms with Crippen molar-refractivity contribution in [3.05, 3.63) is 0 Å². The van der Waals surface area contributed by atoms with Gasteiger partial charge in [0.15, 0.2) is 0 Å². The van der Waals surface area contributed by atoms with Crippen LogP contribution < -0.4 is 5.32 Å². The van der Waals surface area contributed by atoms with E-state index in [1.165, 1.54) is 0 Å². The molecule has 0 saturated carbocycles. The van der Waals surface area contributed by atoms with E-state index in [0.29, 0.717) is 12.6 Å². The third-order valence-corrected chi connectivity index (χ3v) is 5.03. The van der Waals surface area contributed by atoms with Crippen LogP contribution in [0.2, 0.25) is 0 Å². The quantitative estimate of drug-likeness (QED) is 0.783. The van der Waals surface area contributed by atoms with Gasteiger partial charge in [0.05, 0.1) is 5.75 Å². The molecule has 0 spiro atoms. The Morgan fingerprint density at radius 3 is 2.40 bits per heavy atom. The summed E-state index contributed by atoms with van der Waals surface area (Å²) in [6, 6.07) is 0.451. The lowest BCUT2D eigenvalue weighted by atomic mass is 10.1. The highest BCUT2D eigenvalue weighted by molar-refractivity contribution is 7.89. The zero-order valence-electron chi connectivity index (χ0n) is 9.86. The molecule has 0 aromatic carbocycles. The molecule has 1 heterocycles. The lowest BCUT2D eigenvalue weighted by Crippen LogP contribution is -2.58. The van der Waals surface area contributed by atoms with Gasteiger partial charge in [-0.05, 0) is 19.8 Å². The predicted octanol–water partition coefficient (Wildman–Crippen LogP) is 0.798. The minimum atomic E-state index is -3.03. The van der Waals surface area contributed by atoms with Gasteiger partial charge in [0, 0.05) is 25.2 Å². The highest BCUT2D eigenvalue weighted by Gasteiger charge is 2.33. The summed E-state index contributed by atoms with van der Waals surface area (Å²) >= 11 is 0. The second kappa shape index (κ2) is 5.27. The molecular weight excluding hydrogens is 212 g/mol. The monoisotopic (exact) mass is 234 g/mol. The van der Waals surface area contributed by atoms with Crippen LogP contribution in [0, 0.1) is 0 Å². The molecule has 2 unspecified atom stereocenters. The standard InChI is InChI=1S/C10H22N2O2S/c1-4-9-8-12(15(13,14)6-3)10(5-2)7-11-9/h9-11H,4-8H2,1-3H3. The second-order valence-corrected chi connectivity index (χ2v) is 6.26. The van der Waals surface area contributed by atoms with Gasteiger partial charge in [0.2, 0.25) is 10.0 Å². The van der Waals surface area contributed by atoms with E-state index >= 15 is 0 Å². The smallest absolute Gasteiger partial charge is 0.214 e. The topological polar surface area (TPSA) is 49.4 Å². The molecule has 0 aromatic heterocycles. The van der Waals surface area contributed by atoms with Crippen LogP contribution in [0.1, 0.15) is 33.6 Å². The van der Waals surface area contributed by atoms with Gasteiger partial charge in [-0.15, -0.1) is 0 Å². The van der Waals surface area contributed by atoms with E-state index in [9.17, 15) is 8.42 Å². The van der Waals surface area contributed by atoms with Crippen molar-refractivity contribution in [2.75, 3.05) is 18.8 Å². The maximum atomic E-state index is 11.9. The largest absolute Gasteiger partial charge is 0.311 e. The van der Waals surface area contributed by atoms with E-state index in [1.807, 2.05) is 6.92 Å². The van der Waals surface area contributed by atoms with Gasteiger partial charge in [-0.3, -0.25) is 0 Å². The highest BCUT2D eigenvalue weighted by Crippen LogP contribution is 2.16. The van der Waals surface area contributed by atoms with E-state index in [4.69, 9.17) is 0 Å². The number of hydrogen-bond donors (Lipinski definition) is 1. The molecule has 4 nitrogen and oxygen atoms in total. The van der Waals surface area contributed by atoms with Gasteiger partial charge in [-0.2, -0.15) is 4.31 Å². The first kappa shape index (κ1) is 12.9. The number of nitrogens with zero attached hydrogens (tertiary/aromatic N) is 1. The maximum absolute atomic E-state index is 11.9. The fourth-order valence-electron chi connectivity index (χ4n) is 1.96. The predicted molar refractivity (Wildman–Crippen MR) is 62.3 cm³/mol. The SMILES string of the molecule is CCC1CN(S(=O)(=O)CC)C(CC)CN1. The van der Waals surface area contributed by atoms with Crippen LogP contribution >= 0.6 is 0 Å². The van der Waals surface area contributed by atoms with Crippen molar-refractivity contribution in [3.8, 4) is 0 Å². The van der Waals surface area contributed by atoms with Crippen molar-refractivity contribution >= 4 is 10.0 Å². The summed E-state index contributed by atoms with van der Waals surface area (Å²) in [5.74, 6) is 0.208. The van der Waals surface area contributed by atoms with Crippen molar-refractivity contribution < 1.29 is 8.42 Å². The average molecular weight is 234 g/mol. The number of piperazine rings is 1. The first-order valence-corrected chi connectivity index (χ1v) is 7.38. The summed E-state index contributed by atoms with van der Waals surface area (Å²) in [4.78, 5) is 0. The lowest BCUT2D eigenvalue weighted by molar-refractivity contribution is 0.216. The Labute approximate surface area is 93.1 Å². The van der Waals surface area contributed by atoms with Gasteiger partial charge in [-0.25, -0.2) is 8.42 Å². The van der Waals surface area contributed by atoms with Crippen molar-refractivity contribution in [2.45, 2.75) is 45.7 Å². The molecule has 0 radical (unpaired) electrons. The van der Waals surface area contributed by atoms with Crippen LogP contribution in [-0.2, 0) is 10.0 Å². The molecule has 1 saturated heterocycles. The summed E-state index contributed by atoms with van der Waals surface area (Å²) < 4.78 is 25.5. The number of hydrogen-bond acceptors (Lipinski definition) is 3. The zero-order valence-corrected chi connectivity index (χ0v) is 10.7. The van der Waals surface area contributed by atoms with Crippen LogP contribution in [0.15, 0.2) is 0 Å². The molecule has 1 rings (SSSR count). The summed E-state index contributed by atoms with van der Waals surface area (Å²) in [5, 5.41) is 3.39. The molecule has 1 N–H and O–H groups in total. The minimum Gasteiger partial charge on any atom is -0.311 e. The van der Waals surface area contributed by atoms with Gasteiger partial charge < -0.3 is 5.32 Å². The van der Waals surface area contributed by atoms with E-state index in [0.717, 1.165) is 19.4 Å². The Bertz CT molecular complexity index is 290.